The van der Waals surface area contributed by atoms with Gasteiger partial charge in [-0.2, -0.15) is 0 Å². The van der Waals surface area contributed by atoms with E-state index in [2.05, 4.69) is 42.1 Å². The molecule has 0 atom stereocenters. The Morgan fingerprint density at radius 3 is 2.63 bits per heavy atom. The molecular weight excluding hydrogens is 236 g/mol. The molecule has 0 saturated carbocycles. The van der Waals surface area contributed by atoms with Gasteiger partial charge in [0.2, 0.25) is 0 Å². The Hall–Kier alpha value is -1.84. The van der Waals surface area contributed by atoms with E-state index in [0.717, 1.165) is 30.3 Å². The van der Waals surface area contributed by atoms with Gasteiger partial charge in [-0.25, -0.2) is 9.97 Å². The summed E-state index contributed by atoms with van der Waals surface area (Å²) < 4.78 is 2.00. The molecule has 4 nitrogen and oxygen atoms in total. The van der Waals surface area contributed by atoms with E-state index < -0.39 is 0 Å². The van der Waals surface area contributed by atoms with Crippen LogP contribution in [0.5, 0.6) is 0 Å². The summed E-state index contributed by atoms with van der Waals surface area (Å²) in [5.74, 6) is 1.85. The van der Waals surface area contributed by atoms with Gasteiger partial charge >= 0.3 is 0 Å². The van der Waals surface area contributed by atoms with Crippen molar-refractivity contribution in [3.05, 3.63) is 36.5 Å². The first kappa shape index (κ1) is 13.6. The molecule has 102 valence electrons. The van der Waals surface area contributed by atoms with E-state index >= 15 is 0 Å². The lowest BCUT2D eigenvalue weighted by molar-refractivity contribution is 0.390. The van der Waals surface area contributed by atoms with Gasteiger partial charge in [0.05, 0.1) is 5.69 Å². The highest BCUT2D eigenvalue weighted by Gasteiger charge is 2.11. The van der Waals surface area contributed by atoms with Gasteiger partial charge < -0.3 is 5.32 Å². The van der Waals surface area contributed by atoms with Crippen molar-refractivity contribution in [3.8, 4) is 5.82 Å². The molecule has 0 unspecified atom stereocenters. The Balaban J connectivity index is 2.16. The van der Waals surface area contributed by atoms with Crippen LogP contribution in [-0.2, 0) is 0 Å². The van der Waals surface area contributed by atoms with Crippen molar-refractivity contribution in [2.45, 2.75) is 34.1 Å². The number of imidazole rings is 1. The molecule has 0 fully saturated rings. The fraction of sp³-hybridized carbons (Fsp3) is 0.467. The fourth-order valence-corrected chi connectivity index (χ4v) is 1.90. The highest BCUT2D eigenvalue weighted by molar-refractivity contribution is 5.57. The lowest BCUT2D eigenvalue weighted by Crippen LogP contribution is -2.14. The SMILES string of the molecule is Cc1nccn1-c1ncccc1NCCC(C)(C)C. The summed E-state index contributed by atoms with van der Waals surface area (Å²) in [6.45, 7) is 9.67. The lowest BCUT2D eigenvalue weighted by atomic mass is 9.92. The van der Waals surface area contributed by atoms with E-state index in [0.29, 0.717) is 5.41 Å². The molecule has 0 aromatic carbocycles. The van der Waals surface area contributed by atoms with Gasteiger partial charge in [-0.05, 0) is 30.9 Å². The summed E-state index contributed by atoms with van der Waals surface area (Å²) in [5.41, 5.74) is 1.38. The average molecular weight is 258 g/mol. The Bertz CT molecular complexity index is 537. The smallest absolute Gasteiger partial charge is 0.161 e. The number of hydrogen-bond acceptors (Lipinski definition) is 3. The molecule has 0 aliphatic heterocycles. The third-order valence-electron chi connectivity index (χ3n) is 3.03. The standard InChI is InChI=1S/C15H22N4/c1-12-16-10-11-19(12)14-13(6-5-8-18-14)17-9-7-15(2,3)4/h5-6,8,10-11,17H,7,9H2,1-4H3. The average Bonchev–Trinajstić information content (AvgIpc) is 2.74. The van der Waals surface area contributed by atoms with Crippen molar-refractivity contribution in [2.75, 3.05) is 11.9 Å². The van der Waals surface area contributed by atoms with Crippen LogP contribution in [-0.4, -0.2) is 21.1 Å². The third kappa shape index (κ3) is 3.56. The highest BCUT2D eigenvalue weighted by Crippen LogP contribution is 2.21. The molecule has 0 radical (unpaired) electrons. The maximum Gasteiger partial charge on any atom is 0.161 e. The molecule has 2 aromatic heterocycles. The summed E-state index contributed by atoms with van der Waals surface area (Å²) in [6.07, 6.45) is 6.66. The second kappa shape index (κ2) is 5.43. The minimum atomic E-state index is 0.334. The number of rotatable bonds is 4. The lowest BCUT2D eigenvalue weighted by Gasteiger charge is -2.19. The van der Waals surface area contributed by atoms with Crippen LogP contribution in [0.25, 0.3) is 5.82 Å². The van der Waals surface area contributed by atoms with Crippen LogP contribution >= 0.6 is 0 Å². The minimum absolute atomic E-state index is 0.334. The zero-order chi connectivity index (χ0) is 13.9. The van der Waals surface area contributed by atoms with Crippen molar-refractivity contribution in [1.82, 2.24) is 14.5 Å². The molecule has 19 heavy (non-hydrogen) atoms. The number of anilines is 1. The topological polar surface area (TPSA) is 42.7 Å². The monoisotopic (exact) mass is 258 g/mol. The van der Waals surface area contributed by atoms with Crippen LogP contribution in [0.3, 0.4) is 0 Å². The van der Waals surface area contributed by atoms with E-state index in [1.54, 1.807) is 6.20 Å². The second-order valence-electron chi connectivity index (χ2n) is 5.96. The quantitative estimate of drug-likeness (QED) is 0.913. The van der Waals surface area contributed by atoms with Crippen LogP contribution in [0, 0.1) is 12.3 Å². The van der Waals surface area contributed by atoms with Crippen LogP contribution < -0.4 is 5.32 Å². The maximum atomic E-state index is 4.46. The largest absolute Gasteiger partial charge is 0.382 e. The molecule has 0 spiro atoms. The molecule has 4 heteroatoms. The van der Waals surface area contributed by atoms with Crippen LogP contribution in [0.1, 0.15) is 33.0 Å². The zero-order valence-electron chi connectivity index (χ0n) is 12.1. The molecule has 0 saturated heterocycles. The highest BCUT2D eigenvalue weighted by atomic mass is 15.1. The van der Waals surface area contributed by atoms with Gasteiger partial charge in [0.1, 0.15) is 5.82 Å². The first-order valence-electron chi connectivity index (χ1n) is 6.66. The molecule has 0 aliphatic rings. The number of pyridine rings is 1. The molecule has 1 N–H and O–H groups in total. The Morgan fingerprint density at radius 2 is 2.00 bits per heavy atom. The van der Waals surface area contributed by atoms with E-state index in [1.807, 2.05) is 30.0 Å². The molecule has 2 heterocycles. The van der Waals surface area contributed by atoms with Gasteiger partial charge in [-0.1, -0.05) is 20.8 Å². The zero-order valence-corrected chi connectivity index (χ0v) is 12.1. The van der Waals surface area contributed by atoms with Crippen molar-refractivity contribution in [3.63, 3.8) is 0 Å². The normalized spacial score (nSPS) is 11.6. The molecule has 0 bridgehead atoms. The van der Waals surface area contributed by atoms with Crippen LogP contribution in [0.4, 0.5) is 5.69 Å². The first-order chi connectivity index (χ1) is 8.97. The Morgan fingerprint density at radius 1 is 1.21 bits per heavy atom. The summed E-state index contributed by atoms with van der Waals surface area (Å²) in [4.78, 5) is 8.71. The van der Waals surface area contributed by atoms with Crippen molar-refractivity contribution >= 4 is 5.69 Å². The molecule has 2 rings (SSSR count). The summed E-state index contributed by atoms with van der Waals surface area (Å²) in [6, 6.07) is 4.01. The van der Waals surface area contributed by atoms with Gasteiger partial charge in [-0.3, -0.25) is 4.57 Å². The van der Waals surface area contributed by atoms with Crippen LogP contribution in [0.2, 0.25) is 0 Å². The number of nitrogens with zero attached hydrogens (tertiary/aromatic N) is 3. The molecular formula is C15H22N4. The van der Waals surface area contributed by atoms with Crippen LogP contribution in [0.15, 0.2) is 30.7 Å². The van der Waals surface area contributed by atoms with E-state index in [4.69, 9.17) is 0 Å². The number of aryl methyl sites for hydroxylation is 1. The van der Waals surface area contributed by atoms with Crippen molar-refractivity contribution in [2.24, 2.45) is 5.41 Å². The van der Waals surface area contributed by atoms with Gasteiger partial charge in [0.25, 0.3) is 0 Å². The summed E-state index contributed by atoms with van der Waals surface area (Å²) in [7, 11) is 0. The molecule has 0 aliphatic carbocycles. The second-order valence-corrected chi connectivity index (χ2v) is 5.96. The minimum Gasteiger partial charge on any atom is -0.382 e. The fourth-order valence-electron chi connectivity index (χ4n) is 1.90. The number of nitrogens with one attached hydrogen (secondary N) is 1. The maximum absolute atomic E-state index is 4.46. The molecule has 0 amide bonds. The van der Waals surface area contributed by atoms with Crippen molar-refractivity contribution < 1.29 is 0 Å². The Labute approximate surface area is 114 Å². The summed E-state index contributed by atoms with van der Waals surface area (Å²) >= 11 is 0. The van der Waals surface area contributed by atoms with Gasteiger partial charge in [0, 0.05) is 25.1 Å². The third-order valence-corrected chi connectivity index (χ3v) is 3.03. The van der Waals surface area contributed by atoms with E-state index in [9.17, 15) is 0 Å². The molecule has 2 aromatic rings. The van der Waals surface area contributed by atoms with Crippen molar-refractivity contribution in [1.29, 1.82) is 0 Å². The predicted octanol–water partition coefficient (Wildman–Crippen LogP) is 3.42. The van der Waals surface area contributed by atoms with E-state index in [1.165, 1.54) is 0 Å². The Kier molecular flexibility index (Phi) is 3.88. The predicted molar refractivity (Wildman–Crippen MR) is 78.7 cm³/mol. The van der Waals surface area contributed by atoms with Gasteiger partial charge in [-0.15, -0.1) is 0 Å². The van der Waals surface area contributed by atoms with Gasteiger partial charge in [0.15, 0.2) is 5.82 Å². The number of hydrogen-bond donors (Lipinski definition) is 1. The van der Waals surface area contributed by atoms with E-state index in [-0.39, 0.29) is 0 Å². The summed E-state index contributed by atoms with van der Waals surface area (Å²) in [5, 5.41) is 3.47. The first-order valence-corrected chi connectivity index (χ1v) is 6.66. The number of aromatic nitrogens is 3.